The molecule has 18 heavy (non-hydrogen) atoms. The first kappa shape index (κ1) is 13.1. The molecule has 0 spiro atoms. The lowest BCUT2D eigenvalue weighted by Crippen LogP contribution is -2.40. The molecule has 0 bridgehead atoms. The second-order valence-electron chi connectivity index (χ2n) is 4.35. The van der Waals surface area contributed by atoms with Crippen LogP contribution in [0, 0.1) is 5.92 Å². The summed E-state index contributed by atoms with van der Waals surface area (Å²) in [7, 11) is 0. The van der Waals surface area contributed by atoms with E-state index in [0.29, 0.717) is 18.2 Å². The van der Waals surface area contributed by atoms with Gasteiger partial charge in [0.2, 0.25) is 0 Å². The van der Waals surface area contributed by atoms with Crippen LogP contribution in [0.15, 0.2) is 18.3 Å². The van der Waals surface area contributed by atoms with E-state index in [0.717, 1.165) is 25.2 Å². The van der Waals surface area contributed by atoms with Crippen molar-refractivity contribution in [3.05, 3.63) is 23.4 Å². The Balaban J connectivity index is 2.07. The highest BCUT2D eigenvalue weighted by Gasteiger charge is 2.28. The van der Waals surface area contributed by atoms with Crippen LogP contribution in [0.4, 0.5) is 5.82 Å². The highest BCUT2D eigenvalue weighted by molar-refractivity contribution is 6.32. The van der Waals surface area contributed by atoms with E-state index in [-0.39, 0.29) is 11.9 Å². The van der Waals surface area contributed by atoms with Crippen molar-refractivity contribution >= 4 is 23.4 Å². The van der Waals surface area contributed by atoms with E-state index in [1.54, 1.807) is 12.3 Å². The van der Waals surface area contributed by atoms with Crippen LogP contribution >= 0.6 is 11.6 Å². The first-order valence-electron chi connectivity index (χ1n) is 6.24. The van der Waals surface area contributed by atoms with Gasteiger partial charge in [0.1, 0.15) is 5.82 Å². The zero-order valence-corrected chi connectivity index (χ0v) is 11.2. The Hall–Kier alpha value is -1.29. The number of nitrogens with zero attached hydrogens (tertiary/aromatic N) is 2. The van der Waals surface area contributed by atoms with Gasteiger partial charge in [-0.1, -0.05) is 11.6 Å². The van der Waals surface area contributed by atoms with Crippen molar-refractivity contribution in [2.75, 3.05) is 24.6 Å². The molecule has 1 fully saturated rings. The number of carbonyl (C=O) groups is 1. The fourth-order valence-corrected chi connectivity index (χ4v) is 2.47. The van der Waals surface area contributed by atoms with E-state index in [9.17, 15) is 4.79 Å². The predicted molar refractivity (Wildman–Crippen MR) is 70.8 cm³/mol. The lowest BCUT2D eigenvalue weighted by molar-refractivity contribution is -0.148. The van der Waals surface area contributed by atoms with Crippen LogP contribution in [-0.4, -0.2) is 30.6 Å². The summed E-state index contributed by atoms with van der Waals surface area (Å²) in [4.78, 5) is 18.1. The zero-order valence-electron chi connectivity index (χ0n) is 10.4. The summed E-state index contributed by atoms with van der Waals surface area (Å²) in [5.41, 5.74) is 0. The average Bonchev–Trinajstić information content (AvgIpc) is 2.40. The van der Waals surface area contributed by atoms with Gasteiger partial charge in [0.25, 0.3) is 0 Å². The summed E-state index contributed by atoms with van der Waals surface area (Å²) >= 11 is 6.13. The van der Waals surface area contributed by atoms with E-state index < -0.39 is 0 Å². The number of carbonyl (C=O) groups excluding carboxylic acids is 1. The highest BCUT2D eigenvalue weighted by atomic mass is 35.5. The van der Waals surface area contributed by atoms with Gasteiger partial charge in [-0.15, -0.1) is 0 Å². The molecule has 1 aromatic rings. The molecule has 1 saturated heterocycles. The molecule has 1 aromatic heterocycles. The third-order valence-corrected chi connectivity index (χ3v) is 3.37. The van der Waals surface area contributed by atoms with Crippen LogP contribution in [0.5, 0.6) is 0 Å². The number of pyridine rings is 1. The fourth-order valence-electron chi connectivity index (χ4n) is 2.23. The van der Waals surface area contributed by atoms with Gasteiger partial charge in [-0.3, -0.25) is 4.79 Å². The number of ether oxygens (including phenoxy) is 1. The first-order chi connectivity index (χ1) is 8.72. The maximum absolute atomic E-state index is 11.8. The number of esters is 1. The second-order valence-corrected chi connectivity index (χ2v) is 4.75. The fraction of sp³-hybridized carbons (Fsp3) is 0.538. The Morgan fingerprint density at radius 3 is 3.22 bits per heavy atom. The Labute approximate surface area is 112 Å². The van der Waals surface area contributed by atoms with Crippen molar-refractivity contribution in [3.63, 3.8) is 0 Å². The molecule has 1 atom stereocenters. The largest absolute Gasteiger partial charge is 0.466 e. The number of hydrogen-bond donors (Lipinski definition) is 0. The van der Waals surface area contributed by atoms with Crippen LogP contribution in [0.3, 0.4) is 0 Å². The molecule has 2 rings (SSSR count). The van der Waals surface area contributed by atoms with Gasteiger partial charge in [-0.05, 0) is 31.9 Å². The molecule has 1 aliphatic rings. The normalized spacial score (nSPS) is 19.7. The molecular weight excluding hydrogens is 252 g/mol. The molecule has 0 amide bonds. The molecule has 4 nitrogen and oxygen atoms in total. The first-order valence-corrected chi connectivity index (χ1v) is 6.62. The summed E-state index contributed by atoms with van der Waals surface area (Å²) in [6, 6.07) is 3.62. The van der Waals surface area contributed by atoms with Gasteiger partial charge in [-0.25, -0.2) is 4.98 Å². The van der Waals surface area contributed by atoms with Gasteiger partial charge in [-0.2, -0.15) is 0 Å². The number of piperidine rings is 1. The Morgan fingerprint density at radius 2 is 2.50 bits per heavy atom. The summed E-state index contributed by atoms with van der Waals surface area (Å²) in [6.07, 6.45) is 3.55. The predicted octanol–water partition coefficient (Wildman–Crippen LogP) is 2.51. The monoisotopic (exact) mass is 268 g/mol. The van der Waals surface area contributed by atoms with Gasteiger partial charge in [0.05, 0.1) is 17.5 Å². The van der Waals surface area contributed by atoms with Gasteiger partial charge < -0.3 is 9.64 Å². The molecule has 0 saturated carbocycles. The number of hydrogen-bond acceptors (Lipinski definition) is 4. The van der Waals surface area contributed by atoms with Crippen LogP contribution in [-0.2, 0) is 9.53 Å². The molecule has 98 valence electrons. The highest BCUT2D eigenvalue weighted by Crippen LogP contribution is 2.27. The molecule has 5 heteroatoms. The van der Waals surface area contributed by atoms with Crippen LogP contribution in [0.25, 0.3) is 0 Å². The van der Waals surface area contributed by atoms with Crippen molar-refractivity contribution in [1.82, 2.24) is 4.98 Å². The number of halogens is 1. The van der Waals surface area contributed by atoms with E-state index in [1.807, 2.05) is 13.0 Å². The molecule has 1 aliphatic heterocycles. The minimum Gasteiger partial charge on any atom is -0.466 e. The van der Waals surface area contributed by atoms with E-state index in [4.69, 9.17) is 16.3 Å². The van der Waals surface area contributed by atoms with Gasteiger partial charge >= 0.3 is 5.97 Å². The van der Waals surface area contributed by atoms with E-state index >= 15 is 0 Å². The molecule has 0 aliphatic carbocycles. The quantitative estimate of drug-likeness (QED) is 0.790. The molecule has 1 unspecified atom stereocenters. The minimum absolute atomic E-state index is 0.0724. The summed E-state index contributed by atoms with van der Waals surface area (Å²) < 4.78 is 5.08. The molecule has 0 radical (unpaired) electrons. The van der Waals surface area contributed by atoms with E-state index in [1.165, 1.54) is 0 Å². The summed E-state index contributed by atoms with van der Waals surface area (Å²) in [5.74, 6) is 0.569. The lowest BCUT2D eigenvalue weighted by Gasteiger charge is -2.32. The van der Waals surface area contributed by atoms with Crippen molar-refractivity contribution in [2.24, 2.45) is 5.92 Å². The molecule has 2 heterocycles. The summed E-state index contributed by atoms with van der Waals surface area (Å²) in [5, 5.41) is 0.627. The third kappa shape index (κ3) is 2.93. The Kier molecular flexibility index (Phi) is 4.42. The Morgan fingerprint density at radius 1 is 1.67 bits per heavy atom. The number of anilines is 1. The van der Waals surface area contributed by atoms with Crippen molar-refractivity contribution < 1.29 is 9.53 Å². The molecule has 0 N–H and O–H groups in total. The van der Waals surface area contributed by atoms with Gasteiger partial charge in [0, 0.05) is 19.3 Å². The molecule has 0 aromatic carbocycles. The van der Waals surface area contributed by atoms with Crippen LogP contribution in [0.2, 0.25) is 5.02 Å². The lowest BCUT2D eigenvalue weighted by atomic mass is 9.98. The van der Waals surface area contributed by atoms with Gasteiger partial charge in [0.15, 0.2) is 0 Å². The zero-order chi connectivity index (χ0) is 13.0. The molecular formula is C13H17ClN2O2. The van der Waals surface area contributed by atoms with Crippen LogP contribution < -0.4 is 4.90 Å². The third-order valence-electron chi connectivity index (χ3n) is 3.08. The minimum atomic E-state index is -0.116. The summed E-state index contributed by atoms with van der Waals surface area (Å²) in [6.45, 7) is 3.77. The van der Waals surface area contributed by atoms with Crippen molar-refractivity contribution in [1.29, 1.82) is 0 Å². The maximum Gasteiger partial charge on any atom is 0.310 e. The van der Waals surface area contributed by atoms with E-state index in [2.05, 4.69) is 9.88 Å². The smallest absolute Gasteiger partial charge is 0.310 e. The number of rotatable bonds is 3. The maximum atomic E-state index is 11.8. The van der Waals surface area contributed by atoms with Crippen molar-refractivity contribution in [2.45, 2.75) is 19.8 Å². The Bertz CT molecular complexity index is 425. The SMILES string of the molecule is CCOC(=O)C1CCCN(c2ncccc2Cl)C1. The second kappa shape index (κ2) is 6.05. The standard InChI is InChI=1S/C13H17ClN2O2/c1-2-18-13(17)10-5-4-8-16(9-10)12-11(14)6-3-7-15-12/h3,6-7,10H,2,4-5,8-9H2,1H3. The number of aromatic nitrogens is 1. The average molecular weight is 269 g/mol. The van der Waals surface area contributed by atoms with Crippen molar-refractivity contribution in [3.8, 4) is 0 Å². The topological polar surface area (TPSA) is 42.4 Å². The van der Waals surface area contributed by atoms with Crippen LogP contribution in [0.1, 0.15) is 19.8 Å².